The van der Waals surface area contributed by atoms with Gasteiger partial charge < -0.3 is 19.2 Å². The Morgan fingerprint density at radius 1 is 1.06 bits per heavy atom. The van der Waals surface area contributed by atoms with Crippen LogP contribution in [0.1, 0.15) is 70.4 Å². The summed E-state index contributed by atoms with van der Waals surface area (Å²) in [5.74, 6) is 0.0442. The molecule has 0 saturated heterocycles. The van der Waals surface area contributed by atoms with Gasteiger partial charge in [-0.05, 0) is 77.0 Å². The van der Waals surface area contributed by atoms with E-state index < -0.39 is 11.7 Å². The van der Waals surface area contributed by atoms with Crippen LogP contribution in [0.4, 0.5) is 4.79 Å². The van der Waals surface area contributed by atoms with Crippen molar-refractivity contribution in [3.8, 4) is 5.75 Å². The maximum Gasteiger partial charge on any atom is 0.407 e. The Balaban J connectivity index is 1.44. The summed E-state index contributed by atoms with van der Waals surface area (Å²) in [6, 6.07) is 5.24. The number of fused-ring (bicyclic) bond motifs is 3. The molecule has 1 aromatic carbocycles. The third-order valence-electron chi connectivity index (χ3n) is 5.15. The molecule has 0 aliphatic heterocycles. The maximum atomic E-state index is 12.2. The second kappa shape index (κ2) is 9.98. The number of carbonyl (C=O) groups is 2. The molecule has 7 heteroatoms. The van der Waals surface area contributed by atoms with Gasteiger partial charge in [-0.25, -0.2) is 9.59 Å². The second-order valence-electron chi connectivity index (χ2n) is 8.93. The number of rotatable bonds is 7. The van der Waals surface area contributed by atoms with Crippen LogP contribution < -0.4 is 15.7 Å². The Labute approximate surface area is 182 Å². The lowest BCUT2D eigenvalue weighted by molar-refractivity contribution is -0.134. The summed E-state index contributed by atoms with van der Waals surface area (Å²) >= 11 is 0. The van der Waals surface area contributed by atoms with E-state index in [-0.39, 0.29) is 18.0 Å². The van der Waals surface area contributed by atoms with Gasteiger partial charge >= 0.3 is 17.7 Å². The summed E-state index contributed by atoms with van der Waals surface area (Å²) in [5.41, 5.74) is 1.51. The summed E-state index contributed by atoms with van der Waals surface area (Å²) in [5, 5.41) is 3.62. The van der Waals surface area contributed by atoms with Gasteiger partial charge in [-0.3, -0.25) is 4.79 Å². The summed E-state index contributed by atoms with van der Waals surface area (Å²) < 4.78 is 16.0. The fourth-order valence-electron chi connectivity index (χ4n) is 3.75. The molecule has 7 nitrogen and oxygen atoms in total. The van der Waals surface area contributed by atoms with E-state index in [2.05, 4.69) is 5.32 Å². The van der Waals surface area contributed by atoms with Gasteiger partial charge in [0.25, 0.3) is 0 Å². The number of nitrogens with one attached hydrogen (secondary N) is 1. The third kappa shape index (κ3) is 6.57. The first-order chi connectivity index (χ1) is 14.7. The molecular weight excluding hydrogens is 398 g/mol. The van der Waals surface area contributed by atoms with Crippen LogP contribution in [0.3, 0.4) is 0 Å². The van der Waals surface area contributed by atoms with Crippen LogP contribution in [0.15, 0.2) is 27.4 Å². The zero-order valence-corrected chi connectivity index (χ0v) is 18.5. The number of hydrogen-bond acceptors (Lipinski definition) is 6. The van der Waals surface area contributed by atoms with Crippen molar-refractivity contribution >= 4 is 23.0 Å². The molecule has 1 aromatic heterocycles. The molecule has 0 unspecified atom stereocenters. The molecular formula is C24H31NO6. The molecule has 1 aliphatic carbocycles. The molecule has 0 atom stereocenters. The zero-order chi connectivity index (χ0) is 22.4. The number of carbonyl (C=O) groups excluding carboxylic acids is 2. The first kappa shape index (κ1) is 22.8. The average Bonchev–Trinajstić information content (AvgIpc) is 2.69. The second-order valence-corrected chi connectivity index (χ2v) is 8.93. The van der Waals surface area contributed by atoms with E-state index in [1.165, 1.54) is 0 Å². The first-order valence-corrected chi connectivity index (χ1v) is 11.0. The monoisotopic (exact) mass is 429 g/mol. The molecule has 1 amide bonds. The van der Waals surface area contributed by atoms with E-state index in [4.69, 9.17) is 13.9 Å². The molecule has 0 fully saturated rings. The van der Waals surface area contributed by atoms with Crippen LogP contribution in [-0.2, 0) is 22.4 Å². The van der Waals surface area contributed by atoms with Gasteiger partial charge in [0.1, 0.15) is 16.9 Å². The van der Waals surface area contributed by atoms with Crippen molar-refractivity contribution in [1.82, 2.24) is 5.32 Å². The standard InChI is InChI=1S/C24H31NO6/c1-24(2,3)31-23(28)25-14-8-4-5-11-21(26)29-16-12-13-18-17-9-6-7-10-19(17)22(27)30-20(18)15-16/h12-13,15H,4-11,14H2,1-3H3,(H,25,28). The molecule has 1 aliphatic rings. The van der Waals surface area contributed by atoms with Crippen molar-refractivity contribution in [2.75, 3.05) is 6.54 Å². The van der Waals surface area contributed by atoms with Gasteiger partial charge in [-0.2, -0.15) is 0 Å². The average molecular weight is 430 g/mol. The number of aryl methyl sites for hydroxylation is 1. The third-order valence-corrected chi connectivity index (χ3v) is 5.15. The van der Waals surface area contributed by atoms with E-state index in [1.807, 2.05) is 26.8 Å². The van der Waals surface area contributed by atoms with Crippen LogP contribution in [0.5, 0.6) is 5.75 Å². The highest BCUT2D eigenvalue weighted by Gasteiger charge is 2.19. The Morgan fingerprint density at radius 3 is 2.55 bits per heavy atom. The number of esters is 1. The van der Waals surface area contributed by atoms with E-state index in [9.17, 15) is 14.4 Å². The summed E-state index contributed by atoms with van der Waals surface area (Å²) in [4.78, 5) is 35.9. The van der Waals surface area contributed by atoms with Gasteiger partial charge in [-0.15, -0.1) is 0 Å². The predicted octanol–water partition coefficient (Wildman–Crippen LogP) is 4.66. The Morgan fingerprint density at radius 2 is 1.81 bits per heavy atom. The number of ether oxygens (including phenoxy) is 2. The summed E-state index contributed by atoms with van der Waals surface area (Å²) in [6.45, 7) is 5.94. The number of amides is 1. The minimum Gasteiger partial charge on any atom is -0.444 e. The SMILES string of the molecule is CC(C)(C)OC(=O)NCCCCCC(=O)Oc1ccc2c3c(c(=O)oc2c1)CCCC3. The van der Waals surface area contributed by atoms with Gasteiger partial charge in [0.2, 0.25) is 0 Å². The molecule has 0 spiro atoms. The van der Waals surface area contributed by atoms with Crippen molar-refractivity contribution < 1.29 is 23.5 Å². The van der Waals surface area contributed by atoms with Gasteiger partial charge in [0.15, 0.2) is 0 Å². The van der Waals surface area contributed by atoms with E-state index in [1.54, 1.807) is 12.1 Å². The van der Waals surface area contributed by atoms with Crippen molar-refractivity contribution in [2.24, 2.45) is 0 Å². The van der Waals surface area contributed by atoms with Crippen molar-refractivity contribution in [3.63, 3.8) is 0 Å². The molecule has 3 rings (SSSR count). The fraction of sp³-hybridized carbons (Fsp3) is 0.542. The number of benzene rings is 1. The summed E-state index contributed by atoms with van der Waals surface area (Å²) in [7, 11) is 0. The molecule has 0 radical (unpaired) electrons. The Bertz CT molecular complexity index is 1000. The van der Waals surface area contributed by atoms with Gasteiger partial charge in [0, 0.05) is 30.0 Å². The lowest BCUT2D eigenvalue weighted by Crippen LogP contribution is -2.33. The van der Waals surface area contributed by atoms with Crippen molar-refractivity contribution in [3.05, 3.63) is 39.7 Å². The number of hydrogen-bond donors (Lipinski definition) is 1. The number of unbranched alkanes of at least 4 members (excludes halogenated alkanes) is 2. The fourth-order valence-corrected chi connectivity index (χ4v) is 3.75. The minimum absolute atomic E-state index is 0.276. The van der Waals surface area contributed by atoms with Crippen LogP contribution in [0, 0.1) is 0 Å². The lowest BCUT2D eigenvalue weighted by Gasteiger charge is -2.19. The normalized spacial score (nSPS) is 13.5. The zero-order valence-electron chi connectivity index (χ0n) is 18.5. The van der Waals surface area contributed by atoms with E-state index in [0.29, 0.717) is 24.3 Å². The van der Waals surface area contributed by atoms with Crippen molar-refractivity contribution in [2.45, 2.75) is 77.7 Å². The van der Waals surface area contributed by atoms with Crippen LogP contribution in [0.25, 0.3) is 11.0 Å². The quantitative estimate of drug-likeness (QED) is 0.298. The van der Waals surface area contributed by atoms with E-state index in [0.717, 1.165) is 55.0 Å². The highest BCUT2D eigenvalue weighted by Crippen LogP contribution is 2.29. The molecule has 2 aromatic rings. The Hall–Kier alpha value is -2.83. The molecule has 1 N–H and O–H groups in total. The van der Waals surface area contributed by atoms with Crippen molar-refractivity contribution in [1.29, 1.82) is 0 Å². The lowest BCUT2D eigenvalue weighted by atomic mass is 9.91. The van der Waals surface area contributed by atoms with Crippen LogP contribution in [0.2, 0.25) is 0 Å². The number of alkyl carbamates (subject to hydrolysis) is 1. The highest BCUT2D eigenvalue weighted by atomic mass is 16.6. The highest BCUT2D eigenvalue weighted by molar-refractivity contribution is 5.84. The predicted molar refractivity (Wildman–Crippen MR) is 117 cm³/mol. The van der Waals surface area contributed by atoms with E-state index >= 15 is 0 Å². The molecule has 31 heavy (non-hydrogen) atoms. The summed E-state index contributed by atoms with van der Waals surface area (Å²) in [6.07, 6.45) is 5.74. The molecule has 1 heterocycles. The maximum absolute atomic E-state index is 12.2. The molecule has 168 valence electrons. The van der Waals surface area contributed by atoms with Crippen LogP contribution in [-0.4, -0.2) is 24.2 Å². The first-order valence-electron chi connectivity index (χ1n) is 11.0. The largest absolute Gasteiger partial charge is 0.444 e. The van der Waals surface area contributed by atoms with Gasteiger partial charge in [-0.1, -0.05) is 6.42 Å². The molecule has 0 bridgehead atoms. The Kier molecular flexibility index (Phi) is 7.36. The smallest absolute Gasteiger partial charge is 0.407 e. The topological polar surface area (TPSA) is 94.8 Å². The van der Waals surface area contributed by atoms with Crippen LogP contribution >= 0.6 is 0 Å². The minimum atomic E-state index is -0.515. The molecule has 0 saturated carbocycles. The van der Waals surface area contributed by atoms with Gasteiger partial charge in [0.05, 0.1) is 0 Å².